The summed E-state index contributed by atoms with van der Waals surface area (Å²) < 4.78 is 5.63. The lowest BCUT2D eigenvalue weighted by Gasteiger charge is -2.06. The maximum Gasteiger partial charge on any atom is 0.413 e. The van der Waals surface area contributed by atoms with Crippen LogP contribution in [-0.2, 0) is 4.74 Å². The number of rotatable bonds is 3. The van der Waals surface area contributed by atoms with Crippen molar-refractivity contribution in [2.75, 3.05) is 11.9 Å². The smallest absolute Gasteiger partial charge is 0.413 e. The zero-order valence-corrected chi connectivity index (χ0v) is 10.3. The standard InChI is InChI=1S/C8H11BrN2O2S/c1-5(2)3-13-8(12)11-7-10-6(9)4-14-7/h4-5H,3H2,1-2H3,(H,10,11,12). The van der Waals surface area contributed by atoms with Crippen LogP contribution >= 0.6 is 27.3 Å². The molecule has 0 radical (unpaired) electrons. The van der Waals surface area contributed by atoms with Crippen molar-refractivity contribution in [3.8, 4) is 0 Å². The number of halogens is 1. The molecule has 78 valence electrons. The van der Waals surface area contributed by atoms with Crippen LogP contribution in [0.1, 0.15) is 13.8 Å². The number of aromatic nitrogens is 1. The van der Waals surface area contributed by atoms with E-state index in [9.17, 15) is 4.79 Å². The van der Waals surface area contributed by atoms with Gasteiger partial charge in [-0.05, 0) is 21.8 Å². The third-order valence-corrected chi connectivity index (χ3v) is 2.70. The van der Waals surface area contributed by atoms with E-state index >= 15 is 0 Å². The van der Waals surface area contributed by atoms with Gasteiger partial charge in [0.2, 0.25) is 0 Å². The highest BCUT2D eigenvalue weighted by atomic mass is 79.9. The molecule has 1 aromatic rings. The lowest BCUT2D eigenvalue weighted by molar-refractivity contribution is 0.147. The van der Waals surface area contributed by atoms with Crippen molar-refractivity contribution < 1.29 is 9.53 Å². The second-order valence-electron chi connectivity index (χ2n) is 3.09. The first-order valence-corrected chi connectivity index (χ1v) is 5.80. The van der Waals surface area contributed by atoms with Gasteiger partial charge in [-0.1, -0.05) is 13.8 Å². The van der Waals surface area contributed by atoms with E-state index in [4.69, 9.17) is 4.74 Å². The number of hydrogen-bond acceptors (Lipinski definition) is 4. The number of anilines is 1. The summed E-state index contributed by atoms with van der Waals surface area (Å²) in [6.45, 7) is 4.37. The fourth-order valence-corrected chi connectivity index (χ4v) is 1.81. The van der Waals surface area contributed by atoms with E-state index < -0.39 is 6.09 Å². The van der Waals surface area contributed by atoms with Gasteiger partial charge in [0.25, 0.3) is 0 Å². The second kappa shape index (κ2) is 5.31. The van der Waals surface area contributed by atoms with Crippen LogP contribution in [0.3, 0.4) is 0 Å². The summed E-state index contributed by atoms with van der Waals surface area (Å²) in [5.41, 5.74) is 0. The number of hydrogen-bond donors (Lipinski definition) is 1. The first-order chi connectivity index (χ1) is 6.58. The number of carbonyl (C=O) groups is 1. The highest BCUT2D eigenvalue weighted by molar-refractivity contribution is 9.10. The van der Waals surface area contributed by atoms with Crippen LogP contribution in [0.25, 0.3) is 0 Å². The second-order valence-corrected chi connectivity index (χ2v) is 4.76. The number of ether oxygens (including phenoxy) is 1. The van der Waals surface area contributed by atoms with Gasteiger partial charge in [-0.3, -0.25) is 5.32 Å². The van der Waals surface area contributed by atoms with Crippen molar-refractivity contribution >= 4 is 38.5 Å². The minimum Gasteiger partial charge on any atom is -0.449 e. The van der Waals surface area contributed by atoms with Crippen LogP contribution < -0.4 is 5.32 Å². The van der Waals surface area contributed by atoms with Gasteiger partial charge in [0.15, 0.2) is 5.13 Å². The zero-order chi connectivity index (χ0) is 10.6. The molecule has 0 aliphatic rings. The third-order valence-electron chi connectivity index (χ3n) is 1.23. The number of carbonyl (C=O) groups excluding carboxylic acids is 1. The molecule has 0 aliphatic carbocycles. The molecule has 0 fully saturated rings. The average Bonchev–Trinajstić information content (AvgIpc) is 2.48. The zero-order valence-electron chi connectivity index (χ0n) is 7.91. The summed E-state index contributed by atoms with van der Waals surface area (Å²) in [5.74, 6) is 0.337. The predicted molar refractivity (Wildman–Crippen MR) is 59.6 cm³/mol. The Bertz CT molecular complexity index is 314. The van der Waals surface area contributed by atoms with E-state index in [-0.39, 0.29) is 0 Å². The topological polar surface area (TPSA) is 51.2 Å². The van der Waals surface area contributed by atoms with Gasteiger partial charge in [0, 0.05) is 5.38 Å². The molecule has 0 aromatic carbocycles. The Morgan fingerprint density at radius 2 is 2.50 bits per heavy atom. The van der Waals surface area contributed by atoms with Crippen molar-refractivity contribution in [2.45, 2.75) is 13.8 Å². The number of amides is 1. The van der Waals surface area contributed by atoms with Crippen molar-refractivity contribution in [1.29, 1.82) is 0 Å². The third kappa shape index (κ3) is 4.06. The molecule has 1 rings (SSSR count). The molecule has 0 saturated heterocycles. The van der Waals surface area contributed by atoms with E-state index in [0.29, 0.717) is 22.3 Å². The van der Waals surface area contributed by atoms with Gasteiger partial charge in [-0.15, -0.1) is 11.3 Å². The van der Waals surface area contributed by atoms with Crippen LogP contribution in [0.5, 0.6) is 0 Å². The number of thiazole rings is 1. The molecule has 14 heavy (non-hydrogen) atoms. The normalized spacial score (nSPS) is 10.3. The summed E-state index contributed by atoms with van der Waals surface area (Å²) in [5, 5.41) is 4.86. The Hall–Kier alpha value is -0.620. The Morgan fingerprint density at radius 1 is 1.79 bits per heavy atom. The SMILES string of the molecule is CC(C)COC(=O)Nc1nc(Br)cs1. The molecule has 6 heteroatoms. The lowest BCUT2D eigenvalue weighted by atomic mass is 10.2. The fraction of sp³-hybridized carbons (Fsp3) is 0.500. The summed E-state index contributed by atoms with van der Waals surface area (Å²) in [6.07, 6.45) is -0.458. The van der Waals surface area contributed by atoms with Crippen LogP contribution in [0.15, 0.2) is 9.98 Å². The minimum atomic E-state index is -0.458. The molecule has 0 bridgehead atoms. The number of nitrogens with one attached hydrogen (secondary N) is 1. The lowest BCUT2D eigenvalue weighted by Crippen LogP contribution is -2.16. The van der Waals surface area contributed by atoms with Gasteiger partial charge in [0.05, 0.1) is 6.61 Å². The van der Waals surface area contributed by atoms with Gasteiger partial charge in [0.1, 0.15) is 4.60 Å². The summed E-state index contributed by atoms with van der Waals surface area (Å²) >= 11 is 4.53. The fourth-order valence-electron chi connectivity index (χ4n) is 0.677. The van der Waals surface area contributed by atoms with E-state index in [1.54, 1.807) is 5.38 Å². The monoisotopic (exact) mass is 278 g/mol. The van der Waals surface area contributed by atoms with Crippen LogP contribution in [0.2, 0.25) is 0 Å². The molecular formula is C8H11BrN2O2S. The van der Waals surface area contributed by atoms with Crippen molar-refractivity contribution in [3.05, 3.63) is 9.98 Å². The van der Waals surface area contributed by atoms with E-state index in [0.717, 1.165) is 0 Å². The molecule has 0 atom stereocenters. The number of nitrogens with zero attached hydrogens (tertiary/aromatic N) is 1. The Morgan fingerprint density at radius 3 is 3.00 bits per heavy atom. The molecular weight excluding hydrogens is 268 g/mol. The van der Waals surface area contributed by atoms with Crippen molar-refractivity contribution in [2.24, 2.45) is 5.92 Å². The average molecular weight is 279 g/mol. The van der Waals surface area contributed by atoms with E-state index in [1.165, 1.54) is 11.3 Å². The van der Waals surface area contributed by atoms with Crippen molar-refractivity contribution in [1.82, 2.24) is 4.98 Å². The molecule has 1 amide bonds. The van der Waals surface area contributed by atoms with Gasteiger partial charge in [-0.25, -0.2) is 9.78 Å². The van der Waals surface area contributed by atoms with Crippen LogP contribution in [0, 0.1) is 5.92 Å². The predicted octanol–water partition coefficient (Wildman–Crippen LogP) is 3.11. The van der Waals surface area contributed by atoms with Gasteiger partial charge in [-0.2, -0.15) is 0 Å². The first-order valence-electron chi connectivity index (χ1n) is 4.12. The molecule has 1 aromatic heterocycles. The van der Waals surface area contributed by atoms with Crippen LogP contribution in [0.4, 0.5) is 9.93 Å². The summed E-state index contributed by atoms with van der Waals surface area (Å²) in [4.78, 5) is 15.1. The maximum atomic E-state index is 11.1. The maximum absolute atomic E-state index is 11.1. The quantitative estimate of drug-likeness (QED) is 0.924. The largest absolute Gasteiger partial charge is 0.449 e. The highest BCUT2D eigenvalue weighted by Gasteiger charge is 2.06. The minimum absolute atomic E-state index is 0.337. The first kappa shape index (κ1) is 11.5. The Kier molecular flexibility index (Phi) is 4.34. The van der Waals surface area contributed by atoms with E-state index in [1.807, 2.05) is 13.8 Å². The molecule has 1 heterocycles. The van der Waals surface area contributed by atoms with Gasteiger partial charge >= 0.3 is 6.09 Å². The molecule has 0 unspecified atom stereocenters. The molecule has 0 saturated carbocycles. The molecule has 4 nitrogen and oxygen atoms in total. The van der Waals surface area contributed by atoms with Crippen LogP contribution in [-0.4, -0.2) is 17.7 Å². The molecule has 1 N–H and O–H groups in total. The molecule has 0 aliphatic heterocycles. The highest BCUT2D eigenvalue weighted by Crippen LogP contribution is 2.19. The summed E-state index contributed by atoms with van der Waals surface area (Å²) in [7, 11) is 0. The molecule has 0 spiro atoms. The van der Waals surface area contributed by atoms with Crippen molar-refractivity contribution in [3.63, 3.8) is 0 Å². The Balaban J connectivity index is 2.34. The van der Waals surface area contributed by atoms with Gasteiger partial charge < -0.3 is 4.74 Å². The summed E-state index contributed by atoms with van der Waals surface area (Å²) in [6, 6.07) is 0. The Labute approximate surface area is 94.8 Å². The van der Waals surface area contributed by atoms with E-state index in [2.05, 4.69) is 26.2 Å².